The summed E-state index contributed by atoms with van der Waals surface area (Å²) < 4.78 is 5.17. The van der Waals surface area contributed by atoms with Crippen LogP contribution >= 0.6 is 0 Å². The van der Waals surface area contributed by atoms with Crippen molar-refractivity contribution in [3.05, 3.63) is 0 Å². The maximum atomic E-state index is 11.4. The second kappa shape index (κ2) is 6.33. The number of primary amides is 1. The summed E-state index contributed by atoms with van der Waals surface area (Å²) in [6, 6.07) is 0. The van der Waals surface area contributed by atoms with Crippen molar-refractivity contribution in [1.82, 2.24) is 10.2 Å². The minimum absolute atomic E-state index is 0.293. The summed E-state index contributed by atoms with van der Waals surface area (Å²) in [7, 11) is 3.53. The molecule has 1 aliphatic rings. The lowest BCUT2D eigenvalue weighted by Crippen LogP contribution is -2.59. The summed E-state index contributed by atoms with van der Waals surface area (Å²) in [5, 5.41) is 3.02. The van der Waals surface area contributed by atoms with E-state index in [4.69, 9.17) is 10.5 Å². The average molecular weight is 243 g/mol. The van der Waals surface area contributed by atoms with E-state index in [1.54, 1.807) is 14.2 Å². The zero-order chi connectivity index (χ0) is 12.9. The van der Waals surface area contributed by atoms with E-state index >= 15 is 0 Å². The van der Waals surface area contributed by atoms with Crippen LogP contribution in [0.5, 0.6) is 0 Å². The molecule has 0 bridgehead atoms. The number of rotatable bonds is 6. The van der Waals surface area contributed by atoms with Crippen molar-refractivity contribution >= 4 is 5.91 Å². The molecule has 0 saturated carbocycles. The lowest BCUT2D eigenvalue weighted by Gasteiger charge is -2.37. The first-order chi connectivity index (χ1) is 8.01. The van der Waals surface area contributed by atoms with Crippen molar-refractivity contribution in [3.63, 3.8) is 0 Å². The Morgan fingerprint density at radius 1 is 1.53 bits per heavy atom. The SMILES string of the molecule is CNC(C)(CN1CCC(COC)CC1)C(N)=O. The molecule has 3 N–H and O–H groups in total. The fourth-order valence-corrected chi connectivity index (χ4v) is 2.27. The van der Waals surface area contributed by atoms with Crippen LogP contribution in [0.4, 0.5) is 0 Å². The number of methoxy groups -OCH3 is 1. The Bertz CT molecular complexity index is 252. The molecule has 1 aliphatic heterocycles. The van der Waals surface area contributed by atoms with E-state index in [2.05, 4.69) is 10.2 Å². The minimum atomic E-state index is -0.631. The molecule has 0 aromatic heterocycles. The molecule has 1 unspecified atom stereocenters. The zero-order valence-electron chi connectivity index (χ0n) is 11.2. The number of nitrogens with zero attached hydrogens (tertiary/aromatic N) is 1. The van der Waals surface area contributed by atoms with Gasteiger partial charge in [0.25, 0.3) is 0 Å². The Morgan fingerprint density at radius 3 is 2.53 bits per heavy atom. The minimum Gasteiger partial charge on any atom is -0.384 e. The third-order valence-corrected chi connectivity index (χ3v) is 3.74. The zero-order valence-corrected chi connectivity index (χ0v) is 11.2. The van der Waals surface area contributed by atoms with E-state index in [0.29, 0.717) is 12.5 Å². The van der Waals surface area contributed by atoms with Crippen molar-refractivity contribution in [2.24, 2.45) is 11.7 Å². The van der Waals surface area contributed by atoms with Crippen LogP contribution in [0, 0.1) is 5.92 Å². The second-order valence-electron chi connectivity index (χ2n) is 5.12. The van der Waals surface area contributed by atoms with Gasteiger partial charge in [-0.05, 0) is 45.8 Å². The number of likely N-dealkylation sites (tertiary alicyclic amines) is 1. The molecule has 0 aromatic rings. The monoisotopic (exact) mass is 243 g/mol. The molecular weight excluding hydrogens is 218 g/mol. The molecule has 5 nitrogen and oxygen atoms in total. The van der Waals surface area contributed by atoms with Crippen LogP contribution in [0.3, 0.4) is 0 Å². The van der Waals surface area contributed by atoms with Gasteiger partial charge in [-0.25, -0.2) is 0 Å². The van der Waals surface area contributed by atoms with Gasteiger partial charge in [0, 0.05) is 20.3 Å². The van der Waals surface area contributed by atoms with Crippen LogP contribution < -0.4 is 11.1 Å². The van der Waals surface area contributed by atoms with Gasteiger partial charge in [0.2, 0.25) is 5.91 Å². The molecule has 1 rings (SSSR count). The van der Waals surface area contributed by atoms with Gasteiger partial charge in [-0.15, -0.1) is 0 Å². The second-order valence-corrected chi connectivity index (χ2v) is 5.12. The summed E-state index contributed by atoms with van der Waals surface area (Å²) in [6.45, 7) is 5.40. The first-order valence-electron chi connectivity index (χ1n) is 6.22. The largest absolute Gasteiger partial charge is 0.384 e. The topological polar surface area (TPSA) is 67.6 Å². The summed E-state index contributed by atoms with van der Waals surface area (Å²) in [6.07, 6.45) is 2.26. The standard InChI is InChI=1S/C12H25N3O2/c1-12(14-2,11(13)16)9-15-6-4-10(5-7-15)8-17-3/h10,14H,4-9H2,1-3H3,(H2,13,16). The molecule has 1 heterocycles. The van der Waals surface area contributed by atoms with Gasteiger partial charge in [-0.1, -0.05) is 0 Å². The smallest absolute Gasteiger partial charge is 0.238 e. The summed E-state index contributed by atoms with van der Waals surface area (Å²) >= 11 is 0. The molecule has 5 heteroatoms. The van der Waals surface area contributed by atoms with Gasteiger partial charge in [0.05, 0.1) is 0 Å². The Labute approximate surface area is 104 Å². The summed E-state index contributed by atoms with van der Waals surface area (Å²) in [5.41, 5.74) is 4.79. The number of likely N-dealkylation sites (N-methyl/N-ethyl adjacent to an activating group) is 1. The molecule has 17 heavy (non-hydrogen) atoms. The van der Waals surface area contributed by atoms with Crippen molar-refractivity contribution < 1.29 is 9.53 Å². The number of nitrogens with two attached hydrogens (primary N) is 1. The fourth-order valence-electron chi connectivity index (χ4n) is 2.27. The van der Waals surface area contributed by atoms with Crippen LogP contribution in [0.25, 0.3) is 0 Å². The number of hydrogen-bond acceptors (Lipinski definition) is 4. The number of amides is 1. The number of ether oxygens (including phenoxy) is 1. The van der Waals surface area contributed by atoms with Crippen molar-refractivity contribution in [3.8, 4) is 0 Å². The van der Waals surface area contributed by atoms with E-state index in [0.717, 1.165) is 32.5 Å². The van der Waals surface area contributed by atoms with Gasteiger partial charge in [0.1, 0.15) is 5.54 Å². The number of piperidine rings is 1. The lowest BCUT2D eigenvalue weighted by atomic mass is 9.95. The molecule has 0 radical (unpaired) electrons. The highest BCUT2D eigenvalue weighted by molar-refractivity contribution is 5.84. The van der Waals surface area contributed by atoms with Gasteiger partial charge in [-0.2, -0.15) is 0 Å². The number of carbonyl (C=O) groups excluding carboxylic acids is 1. The van der Waals surface area contributed by atoms with Gasteiger partial charge < -0.3 is 20.7 Å². The van der Waals surface area contributed by atoms with Crippen LogP contribution in [-0.4, -0.2) is 56.7 Å². The highest BCUT2D eigenvalue weighted by Gasteiger charge is 2.32. The fraction of sp³-hybridized carbons (Fsp3) is 0.917. The summed E-state index contributed by atoms with van der Waals surface area (Å²) in [4.78, 5) is 13.7. The maximum absolute atomic E-state index is 11.4. The molecule has 0 aromatic carbocycles. The van der Waals surface area contributed by atoms with E-state index in [1.165, 1.54) is 0 Å². The Hall–Kier alpha value is -0.650. The van der Waals surface area contributed by atoms with Crippen molar-refractivity contribution in [2.45, 2.75) is 25.3 Å². The number of hydrogen-bond donors (Lipinski definition) is 2. The molecule has 0 spiro atoms. The number of nitrogens with one attached hydrogen (secondary N) is 1. The predicted molar refractivity (Wildman–Crippen MR) is 67.7 cm³/mol. The highest BCUT2D eigenvalue weighted by atomic mass is 16.5. The van der Waals surface area contributed by atoms with E-state index in [1.807, 2.05) is 6.92 Å². The van der Waals surface area contributed by atoms with Gasteiger partial charge in [0.15, 0.2) is 0 Å². The molecule has 1 saturated heterocycles. The average Bonchev–Trinajstić information content (AvgIpc) is 2.31. The number of carbonyl (C=O) groups is 1. The third kappa shape index (κ3) is 3.94. The van der Waals surface area contributed by atoms with Crippen LogP contribution in [0.1, 0.15) is 19.8 Å². The van der Waals surface area contributed by atoms with E-state index in [9.17, 15) is 4.79 Å². The van der Waals surface area contributed by atoms with Gasteiger partial charge >= 0.3 is 0 Å². The van der Waals surface area contributed by atoms with Crippen molar-refractivity contribution in [2.75, 3.05) is 40.4 Å². The van der Waals surface area contributed by atoms with E-state index in [-0.39, 0.29) is 5.91 Å². The molecule has 1 atom stereocenters. The van der Waals surface area contributed by atoms with Crippen LogP contribution in [0.15, 0.2) is 0 Å². The van der Waals surface area contributed by atoms with Crippen LogP contribution in [-0.2, 0) is 9.53 Å². The van der Waals surface area contributed by atoms with Crippen molar-refractivity contribution in [1.29, 1.82) is 0 Å². The molecule has 0 aliphatic carbocycles. The maximum Gasteiger partial charge on any atom is 0.238 e. The molecule has 100 valence electrons. The molecular formula is C12H25N3O2. The highest BCUT2D eigenvalue weighted by Crippen LogP contribution is 2.19. The van der Waals surface area contributed by atoms with Crippen LogP contribution in [0.2, 0.25) is 0 Å². The Balaban J connectivity index is 2.42. The normalized spacial score (nSPS) is 22.3. The van der Waals surface area contributed by atoms with E-state index < -0.39 is 5.54 Å². The van der Waals surface area contributed by atoms with Gasteiger partial charge in [-0.3, -0.25) is 4.79 Å². The quantitative estimate of drug-likeness (QED) is 0.678. The summed E-state index contributed by atoms with van der Waals surface area (Å²) in [5.74, 6) is 0.365. The Morgan fingerprint density at radius 2 is 2.12 bits per heavy atom. The lowest BCUT2D eigenvalue weighted by molar-refractivity contribution is -0.124. The third-order valence-electron chi connectivity index (χ3n) is 3.74. The Kier molecular flexibility index (Phi) is 5.36. The molecule has 1 fully saturated rings. The molecule has 1 amide bonds. The first kappa shape index (κ1) is 14.4. The predicted octanol–water partition coefficient (Wildman–Crippen LogP) is -0.192. The first-order valence-corrected chi connectivity index (χ1v) is 6.22.